The molecule has 2 N–H and O–H groups in total. The molecular formula is C14H23ClN2O4S2. The first-order valence-electron chi connectivity index (χ1n) is 7.09. The molecule has 0 aliphatic carbocycles. The number of sulfonamides is 1. The molecule has 0 amide bonds. The minimum Gasteiger partial charge on any atom is -0.330 e. The van der Waals surface area contributed by atoms with Crippen molar-refractivity contribution in [2.75, 3.05) is 25.9 Å². The highest BCUT2D eigenvalue weighted by molar-refractivity contribution is 7.91. The summed E-state index contributed by atoms with van der Waals surface area (Å²) in [7, 11) is -7.19. The maximum absolute atomic E-state index is 12.8. The number of benzene rings is 1. The number of hydrogen-bond donors (Lipinski definition) is 1. The zero-order valence-electron chi connectivity index (χ0n) is 13.4. The second kappa shape index (κ2) is 7.06. The summed E-state index contributed by atoms with van der Waals surface area (Å²) in [6, 6.07) is 3.05. The molecule has 0 radical (unpaired) electrons. The number of sulfone groups is 1. The Morgan fingerprint density at radius 2 is 1.74 bits per heavy atom. The Morgan fingerprint density at radius 3 is 2.22 bits per heavy atom. The molecule has 1 atom stereocenters. The number of halogens is 1. The van der Waals surface area contributed by atoms with Crippen LogP contribution < -0.4 is 5.73 Å². The minimum absolute atomic E-state index is 0. The van der Waals surface area contributed by atoms with Crippen molar-refractivity contribution in [1.29, 1.82) is 0 Å². The van der Waals surface area contributed by atoms with Crippen LogP contribution >= 0.6 is 12.4 Å². The van der Waals surface area contributed by atoms with Crippen LogP contribution in [0, 0.1) is 19.8 Å². The molecule has 2 rings (SSSR count). The lowest BCUT2D eigenvalue weighted by Crippen LogP contribution is -2.30. The zero-order valence-corrected chi connectivity index (χ0v) is 15.9. The summed E-state index contributed by atoms with van der Waals surface area (Å²) in [5, 5.41) is 0. The summed E-state index contributed by atoms with van der Waals surface area (Å²) < 4.78 is 50.8. The van der Waals surface area contributed by atoms with E-state index in [0.29, 0.717) is 25.2 Å². The predicted octanol–water partition coefficient (Wildman–Crippen LogP) is 1.10. The van der Waals surface area contributed by atoms with Gasteiger partial charge in [-0.05, 0) is 56.0 Å². The van der Waals surface area contributed by atoms with E-state index < -0.39 is 19.9 Å². The van der Waals surface area contributed by atoms with Crippen molar-refractivity contribution < 1.29 is 16.8 Å². The first-order valence-corrected chi connectivity index (χ1v) is 10.4. The van der Waals surface area contributed by atoms with Crippen LogP contribution in [0.1, 0.15) is 17.5 Å². The summed E-state index contributed by atoms with van der Waals surface area (Å²) in [4.78, 5) is 0.145. The molecular weight excluding hydrogens is 360 g/mol. The van der Waals surface area contributed by atoms with Crippen molar-refractivity contribution in [1.82, 2.24) is 4.31 Å². The molecule has 1 aliphatic heterocycles. The molecule has 1 unspecified atom stereocenters. The van der Waals surface area contributed by atoms with E-state index in [4.69, 9.17) is 5.73 Å². The highest BCUT2D eigenvalue weighted by atomic mass is 35.5. The number of nitrogens with zero attached hydrogens (tertiary/aromatic N) is 1. The van der Waals surface area contributed by atoms with Crippen LogP contribution in [0.15, 0.2) is 21.9 Å². The van der Waals surface area contributed by atoms with Crippen LogP contribution in [-0.4, -0.2) is 47.0 Å². The van der Waals surface area contributed by atoms with E-state index in [-0.39, 0.29) is 33.7 Å². The third-order valence-electron chi connectivity index (χ3n) is 4.06. The molecule has 1 heterocycles. The number of nitrogens with two attached hydrogens (primary N) is 1. The van der Waals surface area contributed by atoms with Crippen LogP contribution in [0.2, 0.25) is 0 Å². The summed E-state index contributed by atoms with van der Waals surface area (Å²) in [5.41, 5.74) is 6.50. The average Bonchev–Trinajstić information content (AvgIpc) is 2.89. The fraction of sp³-hybridized carbons (Fsp3) is 0.571. The van der Waals surface area contributed by atoms with Gasteiger partial charge in [-0.2, -0.15) is 4.31 Å². The molecule has 1 aromatic carbocycles. The van der Waals surface area contributed by atoms with Crippen LogP contribution in [0.4, 0.5) is 0 Å². The van der Waals surface area contributed by atoms with Gasteiger partial charge < -0.3 is 5.73 Å². The average molecular weight is 383 g/mol. The van der Waals surface area contributed by atoms with Gasteiger partial charge in [0.1, 0.15) is 0 Å². The SMILES string of the molecule is Cc1cc(S(C)(=O)=O)c(C)c(S(=O)(=O)N2CCC(CN)C2)c1.Cl. The Kier molecular flexibility index (Phi) is 6.26. The Morgan fingerprint density at radius 1 is 1.17 bits per heavy atom. The number of aryl methyl sites for hydroxylation is 1. The van der Waals surface area contributed by atoms with Gasteiger partial charge in [-0.25, -0.2) is 16.8 Å². The highest BCUT2D eigenvalue weighted by Crippen LogP contribution is 2.30. The Labute approximate surface area is 144 Å². The van der Waals surface area contributed by atoms with Crippen LogP contribution in [0.25, 0.3) is 0 Å². The van der Waals surface area contributed by atoms with Gasteiger partial charge in [-0.3, -0.25) is 0 Å². The lowest BCUT2D eigenvalue weighted by Gasteiger charge is -2.19. The Hall–Kier alpha value is -0.670. The monoisotopic (exact) mass is 382 g/mol. The predicted molar refractivity (Wildman–Crippen MR) is 92.2 cm³/mol. The minimum atomic E-state index is -3.70. The number of rotatable bonds is 4. The highest BCUT2D eigenvalue weighted by Gasteiger charge is 2.34. The van der Waals surface area contributed by atoms with Gasteiger partial charge in [-0.15, -0.1) is 12.4 Å². The topological polar surface area (TPSA) is 97.5 Å². The summed E-state index contributed by atoms with van der Waals surface area (Å²) >= 11 is 0. The van der Waals surface area contributed by atoms with Gasteiger partial charge in [0.25, 0.3) is 0 Å². The van der Waals surface area contributed by atoms with E-state index in [2.05, 4.69) is 0 Å². The van der Waals surface area contributed by atoms with E-state index in [1.54, 1.807) is 13.8 Å². The van der Waals surface area contributed by atoms with Crippen LogP contribution in [0.5, 0.6) is 0 Å². The smallest absolute Gasteiger partial charge is 0.243 e. The van der Waals surface area contributed by atoms with E-state index in [1.165, 1.54) is 16.4 Å². The fourth-order valence-electron chi connectivity index (χ4n) is 2.79. The Balaban J connectivity index is 0.00000264. The van der Waals surface area contributed by atoms with Gasteiger partial charge in [-0.1, -0.05) is 0 Å². The molecule has 23 heavy (non-hydrogen) atoms. The summed E-state index contributed by atoms with van der Waals surface area (Å²) in [6.07, 6.45) is 1.82. The normalized spacial score (nSPS) is 19.6. The van der Waals surface area contributed by atoms with Gasteiger partial charge >= 0.3 is 0 Å². The second-order valence-corrected chi connectivity index (χ2v) is 9.80. The van der Waals surface area contributed by atoms with Crippen molar-refractivity contribution in [2.24, 2.45) is 11.7 Å². The van der Waals surface area contributed by atoms with Crippen LogP contribution in [0.3, 0.4) is 0 Å². The molecule has 6 nitrogen and oxygen atoms in total. The third-order valence-corrected chi connectivity index (χ3v) is 7.27. The van der Waals surface area contributed by atoms with E-state index in [0.717, 1.165) is 12.7 Å². The van der Waals surface area contributed by atoms with Crippen molar-refractivity contribution in [2.45, 2.75) is 30.1 Å². The largest absolute Gasteiger partial charge is 0.330 e. The van der Waals surface area contributed by atoms with E-state index >= 15 is 0 Å². The fourth-order valence-corrected chi connectivity index (χ4v) is 5.79. The van der Waals surface area contributed by atoms with Gasteiger partial charge in [0, 0.05) is 19.3 Å². The standard InChI is InChI=1S/C14H22N2O4S2.ClH/c1-10-6-13(21(3,17)18)11(2)14(7-10)22(19,20)16-5-4-12(8-15)9-16;/h6-7,12H,4-5,8-9,15H2,1-3H3;1H. The molecule has 1 aliphatic rings. The maximum Gasteiger partial charge on any atom is 0.243 e. The van der Waals surface area contributed by atoms with Gasteiger partial charge in [0.2, 0.25) is 10.0 Å². The van der Waals surface area contributed by atoms with Gasteiger partial charge in [0.15, 0.2) is 9.84 Å². The molecule has 132 valence electrons. The van der Waals surface area contributed by atoms with Crippen LogP contribution in [-0.2, 0) is 19.9 Å². The molecule has 1 saturated heterocycles. The van der Waals surface area contributed by atoms with Crippen molar-refractivity contribution in [3.63, 3.8) is 0 Å². The van der Waals surface area contributed by atoms with Gasteiger partial charge in [0.05, 0.1) is 9.79 Å². The summed E-state index contributed by atoms with van der Waals surface area (Å²) in [5.74, 6) is 0.161. The Bertz CT molecular complexity index is 791. The van der Waals surface area contributed by atoms with E-state index in [1.807, 2.05) is 0 Å². The third kappa shape index (κ3) is 4.06. The molecule has 0 saturated carbocycles. The van der Waals surface area contributed by atoms with E-state index in [9.17, 15) is 16.8 Å². The van der Waals surface area contributed by atoms with Crippen molar-refractivity contribution in [3.05, 3.63) is 23.3 Å². The molecule has 1 fully saturated rings. The quantitative estimate of drug-likeness (QED) is 0.840. The zero-order chi connectivity index (χ0) is 16.7. The molecule has 1 aromatic rings. The lowest BCUT2D eigenvalue weighted by molar-refractivity contribution is 0.458. The number of hydrogen-bond acceptors (Lipinski definition) is 5. The second-order valence-electron chi connectivity index (χ2n) is 5.91. The lowest BCUT2D eigenvalue weighted by atomic mass is 10.1. The van der Waals surface area contributed by atoms with Crippen molar-refractivity contribution in [3.8, 4) is 0 Å². The first kappa shape index (κ1) is 20.4. The molecule has 0 spiro atoms. The molecule has 9 heteroatoms. The summed E-state index contributed by atoms with van der Waals surface area (Å²) in [6.45, 7) is 4.50. The first-order chi connectivity index (χ1) is 10.1. The maximum atomic E-state index is 12.8. The van der Waals surface area contributed by atoms with Crippen molar-refractivity contribution >= 4 is 32.3 Å². The molecule has 0 aromatic heterocycles. The molecule has 0 bridgehead atoms.